The van der Waals surface area contributed by atoms with Gasteiger partial charge >= 0.3 is 0 Å². The number of guanidine groups is 2. The molecule has 1 unspecified atom stereocenters. The van der Waals surface area contributed by atoms with Crippen molar-refractivity contribution in [3.05, 3.63) is 0 Å². The molecular formula is C11H23N5. The SMILES string of the molecule is CCCN(C)C1=NC(C)N=C(N(C)C)N1C. The predicted octanol–water partition coefficient (Wildman–Crippen LogP) is 0.893. The Kier molecular flexibility index (Phi) is 4.15. The average Bonchev–Trinajstić information content (AvgIpc) is 2.20. The first-order chi connectivity index (χ1) is 7.47. The van der Waals surface area contributed by atoms with Crippen molar-refractivity contribution in [1.29, 1.82) is 0 Å². The van der Waals surface area contributed by atoms with Gasteiger partial charge in [0.1, 0.15) is 6.17 Å². The topological polar surface area (TPSA) is 34.4 Å². The molecule has 0 aromatic carbocycles. The van der Waals surface area contributed by atoms with E-state index in [-0.39, 0.29) is 6.17 Å². The Hall–Kier alpha value is -1.26. The molecule has 92 valence electrons. The summed E-state index contributed by atoms with van der Waals surface area (Å²) in [6.07, 6.45) is 1.12. The highest BCUT2D eigenvalue weighted by molar-refractivity contribution is 5.99. The normalized spacial score (nSPS) is 20.4. The van der Waals surface area contributed by atoms with Crippen LogP contribution in [0.15, 0.2) is 9.98 Å². The van der Waals surface area contributed by atoms with Gasteiger partial charge in [-0.05, 0) is 13.3 Å². The standard InChI is InChI=1S/C11H23N5/c1-7-8-15(5)11-13-9(2)12-10(14(3)4)16(11)6/h9H,7-8H2,1-6H3. The fourth-order valence-electron chi connectivity index (χ4n) is 1.83. The van der Waals surface area contributed by atoms with Gasteiger partial charge in [0.15, 0.2) is 0 Å². The van der Waals surface area contributed by atoms with Crippen LogP contribution in [-0.4, -0.2) is 67.5 Å². The third-order valence-corrected chi connectivity index (χ3v) is 2.51. The van der Waals surface area contributed by atoms with Crippen molar-refractivity contribution in [1.82, 2.24) is 14.7 Å². The summed E-state index contributed by atoms with van der Waals surface area (Å²) in [5, 5.41) is 0. The first-order valence-electron chi connectivity index (χ1n) is 5.75. The summed E-state index contributed by atoms with van der Waals surface area (Å²) >= 11 is 0. The highest BCUT2D eigenvalue weighted by Gasteiger charge is 2.23. The van der Waals surface area contributed by atoms with Crippen LogP contribution in [0.4, 0.5) is 0 Å². The number of nitrogens with zero attached hydrogens (tertiary/aromatic N) is 5. The smallest absolute Gasteiger partial charge is 0.205 e. The van der Waals surface area contributed by atoms with E-state index in [1.165, 1.54) is 0 Å². The minimum absolute atomic E-state index is 0.00269. The highest BCUT2D eigenvalue weighted by Crippen LogP contribution is 2.10. The van der Waals surface area contributed by atoms with E-state index in [2.05, 4.69) is 28.9 Å². The molecule has 0 spiro atoms. The Morgan fingerprint density at radius 2 is 1.75 bits per heavy atom. The Morgan fingerprint density at radius 3 is 2.25 bits per heavy atom. The van der Waals surface area contributed by atoms with Crippen LogP contribution in [0.5, 0.6) is 0 Å². The van der Waals surface area contributed by atoms with E-state index in [1.54, 1.807) is 0 Å². The lowest BCUT2D eigenvalue weighted by Gasteiger charge is -2.35. The van der Waals surface area contributed by atoms with Crippen molar-refractivity contribution in [2.45, 2.75) is 26.4 Å². The summed E-state index contributed by atoms with van der Waals surface area (Å²) in [5.74, 6) is 1.95. The first kappa shape index (κ1) is 12.8. The Morgan fingerprint density at radius 1 is 1.19 bits per heavy atom. The van der Waals surface area contributed by atoms with Crippen molar-refractivity contribution < 1.29 is 0 Å². The largest absolute Gasteiger partial charge is 0.349 e. The van der Waals surface area contributed by atoms with Crippen LogP contribution < -0.4 is 0 Å². The fraction of sp³-hybridized carbons (Fsp3) is 0.818. The van der Waals surface area contributed by atoms with Gasteiger partial charge in [0.05, 0.1) is 0 Å². The van der Waals surface area contributed by atoms with E-state index >= 15 is 0 Å². The van der Waals surface area contributed by atoms with E-state index in [1.807, 2.05) is 37.9 Å². The molecule has 0 amide bonds. The third kappa shape index (κ3) is 2.65. The van der Waals surface area contributed by atoms with Crippen LogP contribution in [-0.2, 0) is 0 Å². The second kappa shape index (κ2) is 5.18. The molecule has 1 heterocycles. The minimum Gasteiger partial charge on any atom is -0.349 e. The maximum Gasteiger partial charge on any atom is 0.205 e. The van der Waals surface area contributed by atoms with Crippen LogP contribution in [0.3, 0.4) is 0 Å². The second-order valence-electron chi connectivity index (χ2n) is 4.37. The van der Waals surface area contributed by atoms with Crippen LogP contribution in [0.2, 0.25) is 0 Å². The summed E-state index contributed by atoms with van der Waals surface area (Å²) in [4.78, 5) is 15.3. The van der Waals surface area contributed by atoms with E-state index in [0.717, 1.165) is 24.9 Å². The molecule has 0 saturated heterocycles. The Labute approximate surface area is 98.5 Å². The maximum absolute atomic E-state index is 4.57. The lowest BCUT2D eigenvalue weighted by molar-refractivity contribution is 0.408. The summed E-state index contributed by atoms with van der Waals surface area (Å²) in [6.45, 7) is 5.19. The van der Waals surface area contributed by atoms with Gasteiger partial charge < -0.3 is 9.80 Å². The van der Waals surface area contributed by atoms with Gasteiger partial charge in [0, 0.05) is 34.7 Å². The molecule has 0 fully saturated rings. The van der Waals surface area contributed by atoms with Gasteiger partial charge in [-0.1, -0.05) is 6.92 Å². The van der Waals surface area contributed by atoms with Crippen molar-refractivity contribution in [3.63, 3.8) is 0 Å². The van der Waals surface area contributed by atoms with Gasteiger partial charge in [-0.2, -0.15) is 0 Å². The number of hydrogen-bond donors (Lipinski definition) is 0. The molecular weight excluding hydrogens is 202 g/mol. The van der Waals surface area contributed by atoms with Crippen molar-refractivity contribution in [3.8, 4) is 0 Å². The third-order valence-electron chi connectivity index (χ3n) is 2.51. The number of hydrogen-bond acceptors (Lipinski definition) is 5. The molecule has 1 aliphatic rings. The molecule has 0 saturated carbocycles. The summed E-state index contributed by atoms with van der Waals surface area (Å²) in [6, 6.07) is 0. The first-order valence-corrected chi connectivity index (χ1v) is 5.75. The Balaban J connectivity index is 2.87. The molecule has 0 aromatic rings. The Bertz CT molecular complexity index is 295. The molecule has 0 aromatic heterocycles. The average molecular weight is 225 g/mol. The van der Waals surface area contributed by atoms with Gasteiger partial charge in [0.25, 0.3) is 0 Å². The van der Waals surface area contributed by atoms with Crippen molar-refractivity contribution in [2.75, 3.05) is 34.7 Å². The zero-order valence-electron chi connectivity index (χ0n) is 11.2. The minimum atomic E-state index is 0.00269. The molecule has 0 N–H and O–H groups in total. The molecule has 5 nitrogen and oxygen atoms in total. The summed E-state index contributed by atoms with van der Waals surface area (Å²) in [7, 11) is 8.09. The van der Waals surface area contributed by atoms with Crippen LogP contribution in [0, 0.1) is 0 Å². The van der Waals surface area contributed by atoms with Crippen LogP contribution in [0.25, 0.3) is 0 Å². The number of rotatable bonds is 2. The fourth-order valence-corrected chi connectivity index (χ4v) is 1.83. The van der Waals surface area contributed by atoms with Gasteiger partial charge in [-0.25, -0.2) is 9.98 Å². The van der Waals surface area contributed by atoms with Crippen molar-refractivity contribution in [2.24, 2.45) is 9.98 Å². The summed E-state index contributed by atoms with van der Waals surface area (Å²) < 4.78 is 0. The van der Waals surface area contributed by atoms with Gasteiger partial charge in [-0.15, -0.1) is 0 Å². The van der Waals surface area contributed by atoms with E-state index in [0.29, 0.717) is 0 Å². The molecule has 0 aliphatic carbocycles. The van der Waals surface area contributed by atoms with E-state index < -0.39 is 0 Å². The molecule has 1 aliphatic heterocycles. The van der Waals surface area contributed by atoms with E-state index in [4.69, 9.17) is 0 Å². The monoisotopic (exact) mass is 225 g/mol. The lowest BCUT2D eigenvalue weighted by Crippen LogP contribution is -2.51. The number of aliphatic imine (C=N–C) groups is 2. The zero-order valence-corrected chi connectivity index (χ0v) is 11.2. The summed E-state index contributed by atoms with van der Waals surface area (Å²) in [5.41, 5.74) is 0. The lowest BCUT2D eigenvalue weighted by atomic mass is 10.4. The molecule has 16 heavy (non-hydrogen) atoms. The second-order valence-corrected chi connectivity index (χ2v) is 4.37. The quantitative estimate of drug-likeness (QED) is 0.700. The molecule has 5 heteroatoms. The van der Waals surface area contributed by atoms with Crippen LogP contribution >= 0.6 is 0 Å². The van der Waals surface area contributed by atoms with Gasteiger partial charge in [-0.3, -0.25) is 4.90 Å². The van der Waals surface area contributed by atoms with Crippen LogP contribution in [0.1, 0.15) is 20.3 Å². The molecule has 0 radical (unpaired) electrons. The maximum atomic E-state index is 4.57. The highest BCUT2D eigenvalue weighted by atomic mass is 15.5. The van der Waals surface area contributed by atoms with E-state index in [9.17, 15) is 0 Å². The van der Waals surface area contributed by atoms with Crippen molar-refractivity contribution >= 4 is 11.9 Å². The molecule has 0 bridgehead atoms. The molecule has 1 rings (SSSR count). The predicted molar refractivity (Wildman–Crippen MR) is 68.7 cm³/mol. The zero-order chi connectivity index (χ0) is 12.3. The van der Waals surface area contributed by atoms with Gasteiger partial charge in [0.2, 0.25) is 11.9 Å². The molecule has 1 atom stereocenters.